The number of amides is 1. The Hall–Kier alpha value is -1.36. The van der Waals surface area contributed by atoms with Crippen LogP contribution in [0.5, 0.6) is 0 Å². The average Bonchev–Trinajstić information content (AvgIpc) is 2.71. The van der Waals surface area contributed by atoms with Gasteiger partial charge in [-0.2, -0.15) is 5.10 Å². The van der Waals surface area contributed by atoms with E-state index >= 15 is 0 Å². The van der Waals surface area contributed by atoms with Gasteiger partial charge in [-0.05, 0) is 0 Å². The summed E-state index contributed by atoms with van der Waals surface area (Å²) < 4.78 is 6.83. The summed E-state index contributed by atoms with van der Waals surface area (Å²) in [5.74, 6) is 0.785. The van der Waals surface area contributed by atoms with Crippen molar-refractivity contribution in [3.05, 3.63) is 12.3 Å². The van der Waals surface area contributed by atoms with Crippen LogP contribution in [0.1, 0.15) is 6.42 Å². The first-order chi connectivity index (χ1) is 6.70. The second-order valence-corrected chi connectivity index (χ2v) is 3.41. The van der Waals surface area contributed by atoms with E-state index in [0.29, 0.717) is 18.8 Å². The highest BCUT2D eigenvalue weighted by Gasteiger charge is 2.31. The van der Waals surface area contributed by atoms with Crippen LogP contribution in [0.2, 0.25) is 0 Å². The molecule has 1 aromatic rings. The number of nitrogens with zero attached hydrogens (tertiary/aromatic N) is 3. The lowest BCUT2D eigenvalue weighted by Crippen LogP contribution is -2.26. The van der Waals surface area contributed by atoms with Crippen molar-refractivity contribution < 1.29 is 9.53 Å². The predicted octanol–water partition coefficient (Wildman–Crippen LogP) is 0.172. The molecule has 14 heavy (non-hydrogen) atoms. The van der Waals surface area contributed by atoms with Gasteiger partial charge in [-0.1, -0.05) is 0 Å². The van der Waals surface area contributed by atoms with E-state index in [9.17, 15) is 4.79 Å². The maximum Gasteiger partial charge on any atom is 0.230 e. The molecule has 0 unspecified atom stereocenters. The standard InChI is InChI=1S/C9H13N3O2/c1-11-4-3-8(10-11)12-6-7(14-2)5-9(12)13/h3-4,7H,5-6H2,1-2H3/t7-/m0/s1. The smallest absolute Gasteiger partial charge is 0.230 e. The molecule has 5 heteroatoms. The maximum absolute atomic E-state index is 11.5. The van der Waals surface area contributed by atoms with Gasteiger partial charge in [0.25, 0.3) is 0 Å². The molecule has 0 N–H and O–H groups in total. The molecule has 1 fully saturated rings. The summed E-state index contributed by atoms with van der Waals surface area (Å²) in [5.41, 5.74) is 0. The zero-order valence-electron chi connectivity index (χ0n) is 8.30. The first-order valence-electron chi connectivity index (χ1n) is 4.53. The monoisotopic (exact) mass is 195 g/mol. The number of aryl methyl sites for hydroxylation is 1. The number of rotatable bonds is 2. The molecule has 0 aromatic carbocycles. The van der Waals surface area contributed by atoms with Gasteiger partial charge in [0.15, 0.2) is 5.82 Å². The summed E-state index contributed by atoms with van der Waals surface area (Å²) in [6.07, 6.45) is 2.28. The third-order valence-corrected chi connectivity index (χ3v) is 2.40. The van der Waals surface area contributed by atoms with Crippen LogP contribution in [0, 0.1) is 0 Å². The molecule has 2 rings (SSSR count). The fourth-order valence-corrected chi connectivity index (χ4v) is 1.60. The number of hydrogen-bond donors (Lipinski definition) is 0. The molecule has 1 aliphatic heterocycles. The minimum absolute atomic E-state index is 0.00417. The average molecular weight is 195 g/mol. The van der Waals surface area contributed by atoms with Gasteiger partial charge in [0.05, 0.1) is 19.1 Å². The Bertz CT molecular complexity index is 348. The number of aromatic nitrogens is 2. The van der Waals surface area contributed by atoms with Crippen LogP contribution in [0.15, 0.2) is 12.3 Å². The highest BCUT2D eigenvalue weighted by molar-refractivity contribution is 5.95. The topological polar surface area (TPSA) is 47.4 Å². The molecule has 5 nitrogen and oxygen atoms in total. The van der Waals surface area contributed by atoms with Gasteiger partial charge >= 0.3 is 0 Å². The van der Waals surface area contributed by atoms with Gasteiger partial charge in [-0.25, -0.2) is 0 Å². The first-order valence-corrected chi connectivity index (χ1v) is 4.53. The summed E-state index contributed by atoms with van der Waals surface area (Å²) in [5, 5.41) is 4.18. The van der Waals surface area contributed by atoms with Gasteiger partial charge in [-0.15, -0.1) is 0 Å². The van der Waals surface area contributed by atoms with Crippen LogP contribution in [0.3, 0.4) is 0 Å². The molecular weight excluding hydrogens is 182 g/mol. The van der Waals surface area contributed by atoms with E-state index in [4.69, 9.17) is 4.74 Å². The highest BCUT2D eigenvalue weighted by atomic mass is 16.5. The number of methoxy groups -OCH3 is 1. The molecule has 2 heterocycles. The molecule has 1 atom stereocenters. The summed E-state index contributed by atoms with van der Waals surface area (Å²) in [4.78, 5) is 13.2. The van der Waals surface area contributed by atoms with Crippen LogP contribution in [-0.2, 0) is 16.6 Å². The quantitative estimate of drug-likeness (QED) is 0.676. The van der Waals surface area contributed by atoms with E-state index in [1.54, 1.807) is 16.7 Å². The Labute approximate surface area is 82.3 Å². The molecule has 0 radical (unpaired) electrons. The SMILES string of the molecule is CO[C@H]1CC(=O)N(c2ccn(C)n2)C1. The summed E-state index contributed by atoms with van der Waals surface area (Å²) in [6, 6.07) is 1.83. The van der Waals surface area contributed by atoms with E-state index in [1.165, 1.54) is 0 Å². The van der Waals surface area contributed by atoms with Crippen molar-refractivity contribution in [3.63, 3.8) is 0 Å². The van der Waals surface area contributed by atoms with Gasteiger partial charge in [-0.3, -0.25) is 14.4 Å². The Morgan fingerprint density at radius 1 is 1.64 bits per heavy atom. The molecule has 0 spiro atoms. The zero-order chi connectivity index (χ0) is 10.1. The van der Waals surface area contributed by atoms with Crippen LogP contribution in [0.4, 0.5) is 5.82 Å². The number of carbonyl (C=O) groups is 1. The van der Waals surface area contributed by atoms with E-state index in [2.05, 4.69) is 5.10 Å². The van der Waals surface area contributed by atoms with Crippen LogP contribution >= 0.6 is 0 Å². The van der Waals surface area contributed by atoms with Gasteiger partial charge in [0.1, 0.15) is 0 Å². The number of carbonyl (C=O) groups excluding carboxylic acids is 1. The van der Waals surface area contributed by atoms with E-state index < -0.39 is 0 Å². The van der Waals surface area contributed by atoms with Crippen molar-refractivity contribution in [2.75, 3.05) is 18.6 Å². The van der Waals surface area contributed by atoms with Crippen LogP contribution in [-0.4, -0.2) is 35.4 Å². The Morgan fingerprint density at radius 3 is 2.93 bits per heavy atom. The molecule has 1 aliphatic rings. The maximum atomic E-state index is 11.5. The van der Waals surface area contributed by atoms with Gasteiger partial charge < -0.3 is 4.74 Å². The van der Waals surface area contributed by atoms with Crippen LogP contribution in [0.25, 0.3) is 0 Å². The van der Waals surface area contributed by atoms with Crippen molar-refractivity contribution in [1.29, 1.82) is 0 Å². The van der Waals surface area contributed by atoms with Gasteiger partial charge in [0.2, 0.25) is 5.91 Å². The lowest BCUT2D eigenvalue weighted by Gasteiger charge is -2.12. The molecular formula is C9H13N3O2. The second-order valence-electron chi connectivity index (χ2n) is 3.41. The fourth-order valence-electron chi connectivity index (χ4n) is 1.60. The van der Waals surface area contributed by atoms with Crippen molar-refractivity contribution in [2.45, 2.75) is 12.5 Å². The van der Waals surface area contributed by atoms with Crippen molar-refractivity contribution >= 4 is 11.7 Å². The molecule has 76 valence electrons. The van der Waals surface area contributed by atoms with Crippen molar-refractivity contribution in [1.82, 2.24) is 9.78 Å². The normalized spacial score (nSPS) is 22.0. The number of ether oxygens (including phenoxy) is 1. The molecule has 0 aliphatic carbocycles. The lowest BCUT2D eigenvalue weighted by molar-refractivity contribution is -0.117. The Balaban J connectivity index is 2.16. The van der Waals surface area contributed by atoms with E-state index in [0.717, 1.165) is 0 Å². The number of hydrogen-bond acceptors (Lipinski definition) is 3. The minimum Gasteiger partial charge on any atom is -0.379 e. The predicted molar refractivity (Wildman–Crippen MR) is 51.0 cm³/mol. The molecule has 1 saturated heterocycles. The van der Waals surface area contributed by atoms with Crippen molar-refractivity contribution in [3.8, 4) is 0 Å². The minimum atomic E-state index is 0.00417. The van der Waals surface area contributed by atoms with Crippen molar-refractivity contribution in [2.24, 2.45) is 7.05 Å². The summed E-state index contributed by atoms with van der Waals surface area (Å²) >= 11 is 0. The second kappa shape index (κ2) is 3.42. The Kier molecular flexibility index (Phi) is 2.25. The Morgan fingerprint density at radius 2 is 2.43 bits per heavy atom. The largest absolute Gasteiger partial charge is 0.379 e. The van der Waals surface area contributed by atoms with Gasteiger partial charge in [0, 0.05) is 26.4 Å². The molecule has 0 saturated carbocycles. The highest BCUT2D eigenvalue weighted by Crippen LogP contribution is 2.20. The van der Waals surface area contributed by atoms with Crippen LogP contribution < -0.4 is 4.90 Å². The first kappa shape index (κ1) is 9.21. The lowest BCUT2D eigenvalue weighted by atomic mass is 10.3. The third kappa shape index (κ3) is 1.50. The molecule has 1 aromatic heterocycles. The summed E-state index contributed by atoms with van der Waals surface area (Å²) in [7, 11) is 3.46. The number of anilines is 1. The fraction of sp³-hybridized carbons (Fsp3) is 0.556. The zero-order valence-corrected chi connectivity index (χ0v) is 8.30. The van der Waals surface area contributed by atoms with E-state index in [1.807, 2.05) is 19.3 Å². The molecule has 1 amide bonds. The van der Waals surface area contributed by atoms with E-state index in [-0.39, 0.29) is 12.0 Å². The third-order valence-electron chi connectivity index (χ3n) is 2.40. The summed E-state index contributed by atoms with van der Waals surface area (Å²) in [6.45, 7) is 0.604. The molecule has 0 bridgehead atoms.